The first kappa shape index (κ1) is 14.8. The number of anilines is 1. The van der Waals surface area contributed by atoms with Gasteiger partial charge in [-0.15, -0.1) is 11.3 Å². The SMILES string of the molecule is O=C(NCCCN1CCc2ccccc21)c1csc(I)c1. The maximum absolute atomic E-state index is 11.9. The number of rotatable bonds is 5. The predicted molar refractivity (Wildman–Crippen MR) is 96.3 cm³/mol. The molecule has 3 rings (SSSR count). The summed E-state index contributed by atoms with van der Waals surface area (Å²) in [6.45, 7) is 2.82. The fourth-order valence-electron chi connectivity index (χ4n) is 2.64. The van der Waals surface area contributed by atoms with E-state index in [0.717, 1.165) is 40.9 Å². The van der Waals surface area contributed by atoms with Gasteiger partial charge in [0.15, 0.2) is 0 Å². The van der Waals surface area contributed by atoms with Gasteiger partial charge in [0.1, 0.15) is 0 Å². The Morgan fingerprint density at radius 1 is 1.38 bits per heavy atom. The summed E-state index contributed by atoms with van der Waals surface area (Å²) in [6, 6.07) is 10.5. The van der Waals surface area contributed by atoms with Gasteiger partial charge < -0.3 is 10.2 Å². The summed E-state index contributed by atoms with van der Waals surface area (Å²) in [7, 11) is 0. The van der Waals surface area contributed by atoms with Gasteiger partial charge in [-0.3, -0.25) is 4.79 Å². The van der Waals surface area contributed by atoms with Crippen LogP contribution >= 0.6 is 33.9 Å². The highest BCUT2D eigenvalue weighted by Gasteiger charge is 2.17. The molecule has 0 bridgehead atoms. The van der Waals surface area contributed by atoms with E-state index >= 15 is 0 Å². The zero-order chi connectivity index (χ0) is 14.7. The topological polar surface area (TPSA) is 32.3 Å². The molecule has 5 heteroatoms. The van der Waals surface area contributed by atoms with Gasteiger partial charge in [-0.1, -0.05) is 18.2 Å². The Labute approximate surface area is 142 Å². The molecular weight excluding hydrogens is 395 g/mol. The predicted octanol–water partition coefficient (Wildman–Crippen LogP) is 3.54. The van der Waals surface area contributed by atoms with Gasteiger partial charge in [0, 0.05) is 30.7 Å². The van der Waals surface area contributed by atoms with Gasteiger partial charge >= 0.3 is 0 Å². The summed E-state index contributed by atoms with van der Waals surface area (Å²) in [4.78, 5) is 14.3. The average molecular weight is 412 g/mol. The van der Waals surface area contributed by atoms with Crippen molar-refractivity contribution in [1.82, 2.24) is 5.32 Å². The largest absolute Gasteiger partial charge is 0.371 e. The zero-order valence-electron chi connectivity index (χ0n) is 11.6. The van der Waals surface area contributed by atoms with Crippen molar-refractivity contribution < 1.29 is 4.79 Å². The number of carbonyl (C=O) groups is 1. The van der Waals surface area contributed by atoms with Crippen molar-refractivity contribution in [3.05, 3.63) is 49.7 Å². The summed E-state index contributed by atoms with van der Waals surface area (Å²) < 4.78 is 1.14. The quantitative estimate of drug-likeness (QED) is 0.602. The summed E-state index contributed by atoms with van der Waals surface area (Å²) in [6.07, 6.45) is 2.11. The Balaban J connectivity index is 1.44. The third-order valence-electron chi connectivity index (χ3n) is 3.70. The van der Waals surface area contributed by atoms with Crippen molar-refractivity contribution in [1.29, 1.82) is 0 Å². The Bertz CT molecular complexity index is 641. The second kappa shape index (κ2) is 6.79. The van der Waals surface area contributed by atoms with Crippen LogP contribution in [-0.4, -0.2) is 25.5 Å². The Kier molecular flexibility index (Phi) is 4.80. The number of nitrogens with one attached hydrogen (secondary N) is 1. The van der Waals surface area contributed by atoms with E-state index in [0.29, 0.717) is 0 Å². The molecule has 1 aliphatic heterocycles. The number of carbonyl (C=O) groups excluding carboxylic acids is 1. The van der Waals surface area contributed by atoms with E-state index in [9.17, 15) is 4.79 Å². The number of hydrogen-bond donors (Lipinski definition) is 1. The molecule has 3 nitrogen and oxygen atoms in total. The normalized spacial score (nSPS) is 13.3. The molecule has 2 heterocycles. The molecule has 0 spiro atoms. The summed E-state index contributed by atoms with van der Waals surface area (Å²) in [5, 5.41) is 4.91. The molecule has 1 aromatic heterocycles. The van der Waals surface area contributed by atoms with E-state index in [4.69, 9.17) is 0 Å². The molecule has 1 aliphatic rings. The molecule has 0 fully saturated rings. The third-order valence-corrected chi connectivity index (χ3v) is 5.49. The number of amides is 1. The average Bonchev–Trinajstić information content (AvgIpc) is 3.10. The van der Waals surface area contributed by atoms with Crippen LogP contribution in [0.15, 0.2) is 35.7 Å². The molecule has 21 heavy (non-hydrogen) atoms. The summed E-state index contributed by atoms with van der Waals surface area (Å²) >= 11 is 3.84. The van der Waals surface area contributed by atoms with Crippen molar-refractivity contribution in [3.8, 4) is 0 Å². The van der Waals surface area contributed by atoms with Crippen molar-refractivity contribution in [2.75, 3.05) is 24.5 Å². The van der Waals surface area contributed by atoms with Gasteiger partial charge in [-0.25, -0.2) is 0 Å². The molecule has 0 saturated carbocycles. The lowest BCUT2D eigenvalue weighted by molar-refractivity contribution is 0.0954. The first-order chi connectivity index (χ1) is 10.2. The van der Waals surface area contributed by atoms with E-state index in [1.807, 2.05) is 11.4 Å². The molecule has 1 N–H and O–H groups in total. The molecule has 1 amide bonds. The van der Waals surface area contributed by atoms with Crippen LogP contribution in [0.5, 0.6) is 0 Å². The number of nitrogens with zero attached hydrogens (tertiary/aromatic N) is 1. The van der Waals surface area contributed by atoms with E-state index in [-0.39, 0.29) is 5.91 Å². The van der Waals surface area contributed by atoms with E-state index in [2.05, 4.69) is 57.1 Å². The maximum atomic E-state index is 11.9. The van der Waals surface area contributed by atoms with Crippen LogP contribution in [0.25, 0.3) is 0 Å². The first-order valence-corrected chi connectivity index (χ1v) is 9.05. The minimum atomic E-state index is 0.0380. The number of hydrogen-bond acceptors (Lipinski definition) is 3. The van der Waals surface area contributed by atoms with Crippen LogP contribution in [0.3, 0.4) is 0 Å². The standard InChI is InChI=1S/C16H17IN2OS/c17-15-10-13(11-21-15)16(20)18-7-3-8-19-9-6-12-4-1-2-5-14(12)19/h1-2,4-5,10-11H,3,6-9H2,(H,18,20). The number of thiophene rings is 1. The number of fused-ring (bicyclic) bond motifs is 1. The highest BCUT2D eigenvalue weighted by atomic mass is 127. The number of para-hydroxylation sites is 1. The van der Waals surface area contributed by atoms with Crippen molar-refractivity contribution >= 4 is 45.5 Å². The van der Waals surface area contributed by atoms with Gasteiger partial charge in [0.25, 0.3) is 5.91 Å². The summed E-state index contributed by atoms with van der Waals surface area (Å²) in [5.74, 6) is 0.0380. The minimum Gasteiger partial charge on any atom is -0.371 e. The van der Waals surface area contributed by atoms with Crippen LogP contribution in [0.2, 0.25) is 0 Å². The Morgan fingerprint density at radius 3 is 3.05 bits per heavy atom. The number of benzene rings is 1. The van der Waals surface area contributed by atoms with Crippen LogP contribution in [0.1, 0.15) is 22.3 Å². The van der Waals surface area contributed by atoms with Gasteiger partial charge in [0.2, 0.25) is 0 Å². The molecule has 1 aromatic carbocycles. The van der Waals surface area contributed by atoms with Gasteiger partial charge in [-0.2, -0.15) is 0 Å². The molecule has 0 saturated heterocycles. The minimum absolute atomic E-state index is 0.0380. The monoisotopic (exact) mass is 412 g/mol. The second-order valence-corrected chi connectivity index (χ2v) is 7.92. The van der Waals surface area contributed by atoms with Crippen molar-refractivity contribution in [2.24, 2.45) is 0 Å². The molecular formula is C16H17IN2OS. The maximum Gasteiger partial charge on any atom is 0.252 e. The van der Waals surface area contributed by atoms with Gasteiger partial charge in [-0.05, 0) is 53.1 Å². The van der Waals surface area contributed by atoms with Crippen LogP contribution < -0.4 is 10.2 Å². The third kappa shape index (κ3) is 3.58. The lowest BCUT2D eigenvalue weighted by atomic mass is 10.2. The Hall–Kier alpha value is -1.08. The van der Waals surface area contributed by atoms with E-state index in [1.165, 1.54) is 11.3 Å². The summed E-state index contributed by atoms with van der Waals surface area (Å²) in [5.41, 5.74) is 3.57. The second-order valence-electron chi connectivity index (χ2n) is 5.11. The highest BCUT2D eigenvalue weighted by molar-refractivity contribution is 14.1. The van der Waals surface area contributed by atoms with Crippen molar-refractivity contribution in [3.63, 3.8) is 0 Å². The van der Waals surface area contributed by atoms with Crippen LogP contribution in [-0.2, 0) is 6.42 Å². The molecule has 2 aromatic rings. The molecule has 0 unspecified atom stereocenters. The van der Waals surface area contributed by atoms with Crippen LogP contribution in [0, 0.1) is 2.88 Å². The van der Waals surface area contributed by atoms with Crippen molar-refractivity contribution in [2.45, 2.75) is 12.8 Å². The fraction of sp³-hybridized carbons (Fsp3) is 0.312. The molecule has 0 atom stereocenters. The smallest absolute Gasteiger partial charge is 0.252 e. The Morgan fingerprint density at radius 2 is 2.24 bits per heavy atom. The van der Waals surface area contributed by atoms with E-state index < -0.39 is 0 Å². The lowest BCUT2D eigenvalue weighted by Crippen LogP contribution is -2.28. The number of halogens is 1. The molecule has 110 valence electrons. The zero-order valence-corrected chi connectivity index (χ0v) is 14.6. The van der Waals surface area contributed by atoms with E-state index in [1.54, 1.807) is 11.3 Å². The molecule has 0 aliphatic carbocycles. The first-order valence-electron chi connectivity index (χ1n) is 7.09. The highest BCUT2D eigenvalue weighted by Crippen LogP contribution is 2.27. The lowest BCUT2D eigenvalue weighted by Gasteiger charge is -2.19. The van der Waals surface area contributed by atoms with Gasteiger partial charge in [0.05, 0.1) is 8.45 Å². The fourth-order valence-corrected chi connectivity index (χ4v) is 3.97. The molecule has 0 radical (unpaired) electrons. The van der Waals surface area contributed by atoms with Crippen LogP contribution in [0.4, 0.5) is 5.69 Å².